The predicted octanol–water partition coefficient (Wildman–Crippen LogP) is 2.33. The lowest BCUT2D eigenvalue weighted by atomic mass is 10.2. The van der Waals surface area contributed by atoms with Gasteiger partial charge in [0.2, 0.25) is 0 Å². The van der Waals surface area contributed by atoms with Crippen LogP contribution in [0.25, 0.3) is 0 Å². The minimum atomic E-state index is 0.402. The van der Waals surface area contributed by atoms with Crippen molar-refractivity contribution in [3.63, 3.8) is 0 Å². The second-order valence-electron chi connectivity index (χ2n) is 3.55. The molecule has 0 aliphatic carbocycles. The molecule has 1 fully saturated rings. The maximum absolute atomic E-state index is 5.75. The zero-order valence-electron chi connectivity index (χ0n) is 8.00. The molecule has 0 unspecified atom stereocenters. The molecule has 76 valence electrons. The molecular weight excluding hydrogens is 242 g/mol. The van der Waals surface area contributed by atoms with Gasteiger partial charge in [0.25, 0.3) is 0 Å². The van der Waals surface area contributed by atoms with Gasteiger partial charge in [0.1, 0.15) is 0 Å². The zero-order valence-corrected chi connectivity index (χ0v) is 9.59. The Kier molecular flexibility index (Phi) is 3.56. The molecule has 2 rings (SSSR count). The van der Waals surface area contributed by atoms with Gasteiger partial charge in [0.05, 0.1) is 12.7 Å². The van der Waals surface area contributed by atoms with E-state index in [2.05, 4.69) is 33.4 Å². The Morgan fingerprint density at radius 1 is 1.36 bits per heavy atom. The average molecular weight is 256 g/mol. The van der Waals surface area contributed by atoms with Gasteiger partial charge >= 0.3 is 0 Å². The number of nitrogens with one attached hydrogen (secondary N) is 1. The summed E-state index contributed by atoms with van der Waals surface area (Å²) in [4.78, 5) is 0. The van der Waals surface area contributed by atoms with E-state index in [9.17, 15) is 0 Å². The highest BCUT2D eigenvalue weighted by atomic mass is 79.9. The lowest BCUT2D eigenvalue weighted by molar-refractivity contribution is 0.0542. The van der Waals surface area contributed by atoms with Crippen LogP contribution in [0, 0.1) is 0 Å². The highest BCUT2D eigenvalue weighted by Crippen LogP contribution is 2.13. The van der Waals surface area contributed by atoms with Crippen LogP contribution < -0.4 is 5.32 Å². The molecule has 0 spiro atoms. The minimum Gasteiger partial charge on any atom is -0.372 e. The topological polar surface area (TPSA) is 21.3 Å². The lowest BCUT2D eigenvalue weighted by Gasteiger charge is -2.10. The molecule has 1 aliphatic heterocycles. The molecule has 3 heteroatoms. The second-order valence-corrected chi connectivity index (χ2v) is 4.47. The summed E-state index contributed by atoms with van der Waals surface area (Å²) in [5.74, 6) is 0. The smallest absolute Gasteiger partial charge is 0.0721 e. The fourth-order valence-corrected chi connectivity index (χ4v) is 1.83. The first-order valence-electron chi connectivity index (χ1n) is 4.91. The van der Waals surface area contributed by atoms with Gasteiger partial charge in [0, 0.05) is 11.0 Å². The van der Waals surface area contributed by atoms with Crippen molar-refractivity contribution in [1.29, 1.82) is 0 Å². The minimum absolute atomic E-state index is 0.402. The molecule has 2 nitrogen and oxygen atoms in total. The predicted molar refractivity (Wildman–Crippen MR) is 60.2 cm³/mol. The fourth-order valence-electron chi connectivity index (χ4n) is 1.57. The zero-order chi connectivity index (χ0) is 9.80. The van der Waals surface area contributed by atoms with Gasteiger partial charge in [-0.1, -0.05) is 28.1 Å². The number of ether oxygens (including phenoxy) is 1. The molecule has 1 N–H and O–H groups in total. The van der Waals surface area contributed by atoms with Gasteiger partial charge < -0.3 is 10.1 Å². The SMILES string of the molecule is Brc1ccc(CO[C@@H]2CCNC2)cc1. The molecule has 0 amide bonds. The van der Waals surface area contributed by atoms with Gasteiger partial charge in [-0.2, -0.15) is 0 Å². The molecule has 1 aromatic rings. The fraction of sp³-hybridized carbons (Fsp3) is 0.455. The van der Waals surface area contributed by atoms with Crippen LogP contribution in [0.3, 0.4) is 0 Å². The molecule has 1 heterocycles. The Balaban J connectivity index is 1.82. The molecule has 0 aromatic heterocycles. The Bertz CT molecular complexity index is 280. The first-order chi connectivity index (χ1) is 6.84. The standard InChI is InChI=1S/C11H14BrNO/c12-10-3-1-9(2-4-10)8-14-11-5-6-13-7-11/h1-4,11,13H,5-8H2/t11-/m1/s1. The van der Waals surface area contributed by atoms with Gasteiger partial charge in [-0.05, 0) is 30.7 Å². The van der Waals surface area contributed by atoms with Crippen molar-refractivity contribution in [1.82, 2.24) is 5.32 Å². The molecule has 0 bridgehead atoms. The summed E-state index contributed by atoms with van der Waals surface area (Å²) < 4.78 is 6.87. The van der Waals surface area contributed by atoms with Gasteiger partial charge in [-0.3, -0.25) is 0 Å². The molecule has 1 atom stereocenters. The molecule has 1 aliphatic rings. The maximum atomic E-state index is 5.75. The van der Waals surface area contributed by atoms with E-state index in [4.69, 9.17) is 4.74 Å². The Labute approximate surface area is 92.8 Å². The maximum Gasteiger partial charge on any atom is 0.0721 e. The number of hydrogen-bond acceptors (Lipinski definition) is 2. The van der Waals surface area contributed by atoms with E-state index in [1.807, 2.05) is 12.1 Å². The third-order valence-corrected chi connectivity index (χ3v) is 2.94. The highest BCUT2D eigenvalue weighted by molar-refractivity contribution is 9.10. The lowest BCUT2D eigenvalue weighted by Crippen LogP contribution is -2.16. The third kappa shape index (κ3) is 2.80. The van der Waals surface area contributed by atoms with Crippen molar-refractivity contribution in [2.75, 3.05) is 13.1 Å². The molecule has 0 saturated carbocycles. The average Bonchev–Trinajstić information content (AvgIpc) is 2.70. The monoisotopic (exact) mass is 255 g/mol. The van der Waals surface area contributed by atoms with E-state index in [1.54, 1.807) is 0 Å². The quantitative estimate of drug-likeness (QED) is 0.896. The number of hydrogen-bond donors (Lipinski definition) is 1. The highest BCUT2D eigenvalue weighted by Gasteiger charge is 2.14. The van der Waals surface area contributed by atoms with E-state index >= 15 is 0 Å². The van der Waals surface area contributed by atoms with Crippen LogP contribution in [-0.4, -0.2) is 19.2 Å². The number of rotatable bonds is 3. The van der Waals surface area contributed by atoms with Gasteiger partial charge in [-0.25, -0.2) is 0 Å². The van der Waals surface area contributed by atoms with Crippen LogP contribution in [0.2, 0.25) is 0 Å². The van der Waals surface area contributed by atoms with Crippen molar-refractivity contribution >= 4 is 15.9 Å². The molecule has 1 aromatic carbocycles. The van der Waals surface area contributed by atoms with Crippen molar-refractivity contribution in [2.45, 2.75) is 19.1 Å². The Morgan fingerprint density at radius 3 is 2.79 bits per heavy atom. The van der Waals surface area contributed by atoms with Crippen LogP contribution in [0.5, 0.6) is 0 Å². The first-order valence-corrected chi connectivity index (χ1v) is 5.70. The van der Waals surface area contributed by atoms with Crippen LogP contribution in [-0.2, 0) is 11.3 Å². The normalized spacial score (nSPS) is 21.4. The molecular formula is C11H14BrNO. The van der Waals surface area contributed by atoms with E-state index < -0.39 is 0 Å². The van der Waals surface area contributed by atoms with Crippen LogP contribution in [0.15, 0.2) is 28.7 Å². The Hall–Kier alpha value is -0.380. The van der Waals surface area contributed by atoms with Crippen molar-refractivity contribution in [3.05, 3.63) is 34.3 Å². The second kappa shape index (κ2) is 4.91. The summed E-state index contributed by atoms with van der Waals surface area (Å²) in [6.45, 7) is 2.81. The van der Waals surface area contributed by atoms with Crippen LogP contribution in [0.4, 0.5) is 0 Å². The summed E-state index contributed by atoms with van der Waals surface area (Å²) in [5.41, 5.74) is 1.24. The summed E-state index contributed by atoms with van der Waals surface area (Å²) in [7, 11) is 0. The van der Waals surface area contributed by atoms with E-state index in [1.165, 1.54) is 5.56 Å². The van der Waals surface area contributed by atoms with E-state index in [-0.39, 0.29) is 0 Å². The molecule has 0 radical (unpaired) electrons. The number of halogens is 1. The van der Waals surface area contributed by atoms with Crippen molar-refractivity contribution in [2.24, 2.45) is 0 Å². The largest absolute Gasteiger partial charge is 0.372 e. The first kappa shape index (κ1) is 10.1. The van der Waals surface area contributed by atoms with Gasteiger partial charge in [-0.15, -0.1) is 0 Å². The Morgan fingerprint density at radius 2 is 2.14 bits per heavy atom. The van der Waals surface area contributed by atoms with Crippen molar-refractivity contribution < 1.29 is 4.74 Å². The van der Waals surface area contributed by atoms with Gasteiger partial charge in [0.15, 0.2) is 0 Å². The summed E-state index contributed by atoms with van der Waals surface area (Å²) in [6, 6.07) is 8.27. The third-order valence-electron chi connectivity index (χ3n) is 2.41. The van der Waals surface area contributed by atoms with Crippen LogP contribution >= 0.6 is 15.9 Å². The van der Waals surface area contributed by atoms with Crippen LogP contribution in [0.1, 0.15) is 12.0 Å². The van der Waals surface area contributed by atoms with E-state index in [0.717, 1.165) is 30.6 Å². The summed E-state index contributed by atoms with van der Waals surface area (Å²) in [5, 5.41) is 3.29. The molecule has 1 saturated heterocycles. The number of benzene rings is 1. The van der Waals surface area contributed by atoms with E-state index in [0.29, 0.717) is 6.10 Å². The summed E-state index contributed by atoms with van der Waals surface area (Å²) >= 11 is 3.41. The molecule has 14 heavy (non-hydrogen) atoms. The van der Waals surface area contributed by atoms with Crippen molar-refractivity contribution in [3.8, 4) is 0 Å². The summed E-state index contributed by atoms with van der Waals surface area (Å²) in [6.07, 6.45) is 1.54.